The predicted octanol–water partition coefficient (Wildman–Crippen LogP) is 22.3. The van der Waals surface area contributed by atoms with Crippen LogP contribution in [-0.2, 0) is 4.79 Å². The molecule has 428 valence electrons. The zero-order valence-corrected chi connectivity index (χ0v) is 49.4. The van der Waals surface area contributed by atoms with Crippen LogP contribution in [0.15, 0.2) is 60.8 Å². The van der Waals surface area contributed by atoms with Crippen molar-refractivity contribution < 1.29 is 15.0 Å². The average Bonchev–Trinajstić information content (AvgIpc) is 3.40. The Morgan fingerprint density at radius 2 is 0.575 bits per heavy atom. The van der Waals surface area contributed by atoms with Crippen molar-refractivity contribution in [3.8, 4) is 0 Å². The van der Waals surface area contributed by atoms with E-state index in [0.29, 0.717) is 6.42 Å². The molecule has 0 aliphatic heterocycles. The smallest absolute Gasteiger partial charge is 0.220 e. The van der Waals surface area contributed by atoms with E-state index in [1.165, 1.54) is 289 Å². The van der Waals surface area contributed by atoms with Gasteiger partial charge in [-0.3, -0.25) is 4.79 Å². The van der Waals surface area contributed by atoms with Crippen LogP contribution in [0, 0.1) is 0 Å². The molecule has 2 unspecified atom stereocenters. The normalized spacial score (nSPS) is 13.1. The van der Waals surface area contributed by atoms with Crippen LogP contribution < -0.4 is 5.32 Å². The predicted molar refractivity (Wildman–Crippen MR) is 327 cm³/mol. The van der Waals surface area contributed by atoms with Crippen LogP contribution in [0.4, 0.5) is 0 Å². The number of rotatable bonds is 61. The van der Waals surface area contributed by atoms with Crippen LogP contribution in [0.25, 0.3) is 0 Å². The molecule has 0 aromatic rings. The molecule has 0 aromatic heterocycles. The van der Waals surface area contributed by atoms with Crippen LogP contribution in [0.2, 0.25) is 0 Å². The molecule has 4 heteroatoms. The minimum Gasteiger partial charge on any atom is -0.394 e. The van der Waals surface area contributed by atoms with Crippen molar-refractivity contribution in [1.82, 2.24) is 5.32 Å². The molecule has 0 saturated heterocycles. The highest BCUT2D eigenvalue weighted by Gasteiger charge is 2.18. The summed E-state index contributed by atoms with van der Waals surface area (Å²) in [6, 6.07) is -0.648. The molecule has 0 saturated carbocycles. The summed E-state index contributed by atoms with van der Waals surface area (Å²) < 4.78 is 0. The van der Waals surface area contributed by atoms with Gasteiger partial charge in [0.2, 0.25) is 5.91 Å². The average molecular weight is 1020 g/mol. The second-order valence-electron chi connectivity index (χ2n) is 22.5. The lowest BCUT2D eigenvalue weighted by atomic mass is 10.0. The second kappa shape index (κ2) is 64.4. The van der Waals surface area contributed by atoms with E-state index in [0.717, 1.165) is 44.9 Å². The Morgan fingerprint density at radius 1 is 0.329 bits per heavy atom. The van der Waals surface area contributed by atoms with Crippen molar-refractivity contribution in [1.29, 1.82) is 0 Å². The lowest BCUT2D eigenvalue weighted by molar-refractivity contribution is -0.123. The van der Waals surface area contributed by atoms with Gasteiger partial charge >= 0.3 is 0 Å². The topological polar surface area (TPSA) is 69.6 Å². The van der Waals surface area contributed by atoms with Crippen molar-refractivity contribution in [2.45, 2.75) is 366 Å². The summed E-state index contributed by atoms with van der Waals surface area (Å²) in [6.07, 6.45) is 91.5. The maximum atomic E-state index is 12.5. The van der Waals surface area contributed by atoms with Gasteiger partial charge in [0.1, 0.15) is 0 Å². The fourth-order valence-electron chi connectivity index (χ4n) is 10.2. The Hall–Kier alpha value is -1.91. The standard InChI is InChI=1S/C69H129NO3/c1-3-5-7-9-11-13-15-17-19-21-23-25-27-29-31-33-34-35-36-37-39-41-43-45-47-49-51-53-55-57-59-61-63-65-69(73)70-67(66-71)68(72)64-62-60-58-56-54-52-50-48-46-44-42-40-38-32-30-28-26-24-22-20-18-16-14-12-10-8-6-4-2/h15,17,21,23,46,48,54,56,62,64,67-68,71-72H,3-14,16,18-20,22,24-45,47,49-53,55,57-61,63,65-66H2,1-2H3,(H,70,73)/b17-15-,23-21-,48-46+,56-54+,64-62+. The van der Waals surface area contributed by atoms with Gasteiger partial charge in [-0.2, -0.15) is 0 Å². The summed E-state index contributed by atoms with van der Waals surface area (Å²) in [5, 5.41) is 23.2. The third-order valence-corrected chi connectivity index (χ3v) is 15.2. The maximum absolute atomic E-state index is 12.5. The first-order valence-corrected chi connectivity index (χ1v) is 33.0. The number of aliphatic hydroxyl groups excluding tert-OH is 2. The van der Waals surface area contributed by atoms with Crippen LogP contribution in [0.1, 0.15) is 354 Å². The molecule has 2 atom stereocenters. The summed E-state index contributed by atoms with van der Waals surface area (Å²) in [4.78, 5) is 12.5. The van der Waals surface area contributed by atoms with E-state index in [9.17, 15) is 15.0 Å². The Morgan fingerprint density at radius 3 is 0.877 bits per heavy atom. The molecule has 0 aliphatic carbocycles. The number of aliphatic hydroxyl groups is 2. The quantitative estimate of drug-likeness (QED) is 0.0420. The minimum atomic E-state index is -0.872. The molecule has 0 heterocycles. The van der Waals surface area contributed by atoms with E-state index in [-0.39, 0.29) is 12.5 Å². The van der Waals surface area contributed by atoms with Crippen LogP contribution in [0.5, 0.6) is 0 Å². The van der Waals surface area contributed by atoms with Crippen molar-refractivity contribution in [2.75, 3.05) is 6.61 Å². The summed E-state index contributed by atoms with van der Waals surface area (Å²) in [6.45, 7) is 4.32. The van der Waals surface area contributed by atoms with Gasteiger partial charge < -0.3 is 15.5 Å². The van der Waals surface area contributed by atoms with E-state index >= 15 is 0 Å². The largest absolute Gasteiger partial charge is 0.394 e. The number of amides is 1. The van der Waals surface area contributed by atoms with Crippen molar-refractivity contribution in [3.05, 3.63) is 60.8 Å². The third kappa shape index (κ3) is 60.8. The van der Waals surface area contributed by atoms with Crippen LogP contribution in [0.3, 0.4) is 0 Å². The third-order valence-electron chi connectivity index (χ3n) is 15.2. The number of hydrogen-bond donors (Lipinski definition) is 3. The molecule has 0 aromatic carbocycles. The van der Waals surface area contributed by atoms with Gasteiger partial charge in [-0.05, 0) is 77.0 Å². The highest BCUT2D eigenvalue weighted by molar-refractivity contribution is 5.76. The number of hydrogen-bond acceptors (Lipinski definition) is 3. The lowest BCUT2D eigenvalue weighted by Gasteiger charge is -2.19. The zero-order valence-electron chi connectivity index (χ0n) is 49.4. The molecule has 73 heavy (non-hydrogen) atoms. The van der Waals surface area contributed by atoms with Crippen molar-refractivity contribution >= 4 is 5.91 Å². The van der Waals surface area contributed by atoms with Gasteiger partial charge in [-0.25, -0.2) is 0 Å². The Labute approximate surface area is 457 Å². The molecular weight excluding hydrogens is 891 g/mol. The number of allylic oxidation sites excluding steroid dienone is 9. The molecule has 0 radical (unpaired) electrons. The first-order valence-electron chi connectivity index (χ1n) is 33.0. The summed E-state index contributed by atoms with van der Waals surface area (Å²) in [5.41, 5.74) is 0. The van der Waals surface area contributed by atoms with Gasteiger partial charge in [-0.1, -0.05) is 331 Å². The van der Waals surface area contributed by atoms with Gasteiger partial charge in [0.25, 0.3) is 0 Å². The molecule has 1 amide bonds. The van der Waals surface area contributed by atoms with Gasteiger partial charge in [0.15, 0.2) is 0 Å². The summed E-state index contributed by atoms with van der Waals surface area (Å²) in [5.74, 6) is -0.0726. The maximum Gasteiger partial charge on any atom is 0.220 e. The fourth-order valence-corrected chi connectivity index (χ4v) is 10.2. The van der Waals surface area contributed by atoms with Crippen molar-refractivity contribution in [3.63, 3.8) is 0 Å². The second-order valence-corrected chi connectivity index (χ2v) is 22.5. The molecule has 4 nitrogen and oxygen atoms in total. The Kier molecular flexibility index (Phi) is 62.7. The fraction of sp³-hybridized carbons (Fsp3) is 0.841. The molecule has 0 spiro atoms. The number of unbranched alkanes of at least 4 members (excludes halogenated alkanes) is 46. The van der Waals surface area contributed by atoms with E-state index in [1.54, 1.807) is 6.08 Å². The van der Waals surface area contributed by atoms with Crippen molar-refractivity contribution in [2.24, 2.45) is 0 Å². The highest BCUT2D eigenvalue weighted by atomic mass is 16.3. The van der Waals surface area contributed by atoms with Gasteiger partial charge in [0.05, 0.1) is 18.8 Å². The monoisotopic (exact) mass is 1020 g/mol. The Balaban J connectivity index is 3.49. The van der Waals surface area contributed by atoms with E-state index in [4.69, 9.17) is 0 Å². The molecule has 3 N–H and O–H groups in total. The number of carbonyl (C=O) groups is 1. The first-order chi connectivity index (χ1) is 36.2. The van der Waals surface area contributed by atoms with Crippen LogP contribution in [-0.4, -0.2) is 34.9 Å². The Bertz CT molecular complexity index is 1200. The number of nitrogens with one attached hydrogen (secondary N) is 1. The molecule has 0 fully saturated rings. The van der Waals surface area contributed by atoms with Crippen LogP contribution >= 0.6 is 0 Å². The lowest BCUT2D eigenvalue weighted by Crippen LogP contribution is -2.45. The van der Waals surface area contributed by atoms with E-state index < -0.39 is 12.1 Å². The number of carbonyl (C=O) groups excluding carboxylic acids is 1. The van der Waals surface area contributed by atoms with E-state index in [2.05, 4.69) is 67.8 Å². The molecule has 0 bridgehead atoms. The van der Waals surface area contributed by atoms with Gasteiger partial charge in [0, 0.05) is 6.42 Å². The molecular formula is C69H129NO3. The summed E-state index contributed by atoms with van der Waals surface area (Å²) >= 11 is 0. The molecule has 0 aliphatic rings. The summed E-state index contributed by atoms with van der Waals surface area (Å²) in [7, 11) is 0. The first kappa shape index (κ1) is 71.1. The minimum absolute atomic E-state index is 0.0726. The van der Waals surface area contributed by atoms with Gasteiger partial charge in [-0.15, -0.1) is 0 Å². The van der Waals surface area contributed by atoms with E-state index in [1.807, 2.05) is 6.08 Å². The molecule has 0 rings (SSSR count). The zero-order chi connectivity index (χ0) is 52.7. The SMILES string of the molecule is CCCCCCC/C=C\C/C=C\CCCCCCCCCCCCCCCCCCCCCCCC(=O)NC(CO)C(O)/C=C/CC/C=C/CC/C=C/CCCCCCCCCCCCCCCCCCCC. The highest BCUT2D eigenvalue weighted by Crippen LogP contribution is 2.18.